The van der Waals surface area contributed by atoms with Crippen molar-refractivity contribution in [3.05, 3.63) is 28.8 Å². The Labute approximate surface area is 224 Å². The Morgan fingerprint density at radius 2 is 1.92 bits per heavy atom. The Bertz CT molecular complexity index is 1110. The SMILES string of the molecule is CC(F)(F)OC1CC(OCC(=O)NC23CCC(CC(=O)[C@H]4CC(=O)c5cc(Cl)ccc5O4)(CC2)[C@@H](O)C3)C1. The van der Waals surface area contributed by atoms with E-state index < -0.39 is 35.4 Å². The third-order valence-electron chi connectivity index (χ3n) is 8.54. The fourth-order valence-corrected chi connectivity index (χ4v) is 6.50. The summed E-state index contributed by atoms with van der Waals surface area (Å²) in [7, 11) is 0. The zero-order valence-electron chi connectivity index (χ0n) is 21.1. The Hall–Kier alpha value is -2.14. The molecule has 2 atom stereocenters. The summed E-state index contributed by atoms with van der Waals surface area (Å²) >= 11 is 5.97. The smallest absolute Gasteiger partial charge is 0.353 e. The molecule has 8 nitrogen and oxygen atoms in total. The summed E-state index contributed by atoms with van der Waals surface area (Å²) < 4.78 is 41.8. The zero-order chi connectivity index (χ0) is 27.3. The van der Waals surface area contributed by atoms with Crippen LogP contribution in [0.25, 0.3) is 0 Å². The van der Waals surface area contributed by atoms with Crippen LogP contribution in [-0.4, -0.2) is 65.3 Å². The molecule has 0 radical (unpaired) electrons. The van der Waals surface area contributed by atoms with Gasteiger partial charge < -0.3 is 24.6 Å². The Kier molecular flexibility index (Phi) is 7.30. The van der Waals surface area contributed by atoms with E-state index in [0.29, 0.717) is 68.2 Å². The van der Waals surface area contributed by atoms with Crippen molar-refractivity contribution in [1.82, 2.24) is 5.32 Å². The number of amides is 1. The van der Waals surface area contributed by atoms with Crippen molar-refractivity contribution in [3.8, 4) is 5.75 Å². The first-order chi connectivity index (χ1) is 17.9. The first-order valence-corrected chi connectivity index (χ1v) is 13.4. The number of halogens is 3. The van der Waals surface area contributed by atoms with Crippen LogP contribution in [-0.2, 0) is 19.1 Å². The van der Waals surface area contributed by atoms with Crippen LogP contribution in [0, 0.1) is 5.41 Å². The number of ketones is 2. The van der Waals surface area contributed by atoms with Gasteiger partial charge in [-0.1, -0.05) is 11.6 Å². The topological polar surface area (TPSA) is 111 Å². The molecular formula is C27H32ClF2NO7. The monoisotopic (exact) mass is 555 g/mol. The normalized spacial score (nSPS) is 34.2. The minimum Gasteiger partial charge on any atom is -0.481 e. The molecule has 1 aromatic carbocycles. The number of rotatable bonds is 9. The number of hydrogen-bond acceptors (Lipinski definition) is 7. The fraction of sp³-hybridized carbons (Fsp3) is 0.667. The van der Waals surface area contributed by atoms with Crippen LogP contribution in [0.4, 0.5) is 8.78 Å². The quantitative estimate of drug-likeness (QED) is 0.474. The minimum absolute atomic E-state index is 0.0624. The highest BCUT2D eigenvalue weighted by Crippen LogP contribution is 2.54. The van der Waals surface area contributed by atoms with Crippen molar-refractivity contribution >= 4 is 29.1 Å². The summed E-state index contributed by atoms with van der Waals surface area (Å²) in [4.78, 5) is 38.4. The molecule has 6 rings (SSSR count). The fourth-order valence-electron chi connectivity index (χ4n) is 6.33. The molecule has 0 aromatic heterocycles. The first-order valence-electron chi connectivity index (χ1n) is 13.0. The molecular weight excluding hydrogens is 524 g/mol. The second-order valence-corrected chi connectivity index (χ2v) is 11.8. The summed E-state index contributed by atoms with van der Waals surface area (Å²) in [5.41, 5.74) is -0.822. The van der Waals surface area contributed by atoms with Crippen LogP contribution in [0.5, 0.6) is 5.75 Å². The van der Waals surface area contributed by atoms with Crippen molar-refractivity contribution in [2.24, 2.45) is 5.41 Å². The van der Waals surface area contributed by atoms with Crippen LogP contribution in [0.3, 0.4) is 0 Å². The molecule has 208 valence electrons. The lowest BCUT2D eigenvalue weighted by Gasteiger charge is -2.56. The Balaban J connectivity index is 1.11. The molecule has 0 unspecified atom stereocenters. The van der Waals surface area contributed by atoms with Crippen LogP contribution >= 0.6 is 11.6 Å². The number of alkyl halides is 2. The van der Waals surface area contributed by atoms with Crippen LogP contribution in [0.15, 0.2) is 18.2 Å². The van der Waals surface area contributed by atoms with Gasteiger partial charge in [0.25, 0.3) is 0 Å². The van der Waals surface area contributed by atoms with E-state index in [1.54, 1.807) is 12.1 Å². The summed E-state index contributed by atoms with van der Waals surface area (Å²) in [6, 6.07) is 4.73. The van der Waals surface area contributed by atoms with Gasteiger partial charge in [0.2, 0.25) is 5.91 Å². The van der Waals surface area contributed by atoms with E-state index in [9.17, 15) is 28.3 Å². The first kappa shape index (κ1) is 27.4. The maximum atomic E-state index is 13.2. The van der Waals surface area contributed by atoms with Crippen LogP contribution < -0.4 is 10.1 Å². The predicted octanol–water partition coefficient (Wildman–Crippen LogP) is 3.99. The van der Waals surface area contributed by atoms with E-state index in [2.05, 4.69) is 10.1 Å². The van der Waals surface area contributed by atoms with Gasteiger partial charge in [-0.3, -0.25) is 14.4 Å². The average Bonchev–Trinajstić information content (AvgIpc) is 2.81. The summed E-state index contributed by atoms with van der Waals surface area (Å²) in [6.45, 7) is 0.503. The van der Waals surface area contributed by atoms with Crippen molar-refractivity contribution in [1.29, 1.82) is 0 Å². The maximum absolute atomic E-state index is 13.2. The van der Waals surface area contributed by atoms with Crippen molar-refractivity contribution in [2.75, 3.05) is 6.61 Å². The molecule has 4 fully saturated rings. The maximum Gasteiger partial charge on any atom is 0.353 e. The van der Waals surface area contributed by atoms with E-state index in [0.717, 1.165) is 0 Å². The minimum atomic E-state index is -3.18. The summed E-state index contributed by atoms with van der Waals surface area (Å²) in [5.74, 6) is -0.393. The van der Waals surface area contributed by atoms with Crippen molar-refractivity contribution < 1.29 is 42.5 Å². The Morgan fingerprint density at radius 1 is 1.21 bits per heavy atom. The molecule has 1 aromatic rings. The van der Waals surface area contributed by atoms with E-state index in [-0.39, 0.29) is 43.0 Å². The van der Waals surface area contributed by atoms with Gasteiger partial charge in [-0.05, 0) is 50.3 Å². The second-order valence-electron chi connectivity index (χ2n) is 11.4. The van der Waals surface area contributed by atoms with Gasteiger partial charge in [0.05, 0.1) is 30.3 Å². The van der Waals surface area contributed by atoms with Gasteiger partial charge in [0.15, 0.2) is 17.7 Å². The number of aliphatic hydroxyl groups is 1. The van der Waals surface area contributed by atoms with Gasteiger partial charge in [0, 0.05) is 42.2 Å². The van der Waals surface area contributed by atoms with E-state index >= 15 is 0 Å². The Morgan fingerprint density at radius 3 is 2.58 bits per heavy atom. The van der Waals surface area contributed by atoms with Crippen molar-refractivity contribution in [2.45, 2.75) is 101 Å². The molecule has 2 bridgehead atoms. The number of carbonyl (C=O) groups is 3. The predicted molar refractivity (Wildman–Crippen MR) is 131 cm³/mol. The van der Waals surface area contributed by atoms with Crippen molar-refractivity contribution in [3.63, 3.8) is 0 Å². The van der Waals surface area contributed by atoms with Crippen LogP contribution in [0.1, 0.15) is 75.1 Å². The average molecular weight is 556 g/mol. The highest BCUT2D eigenvalue weighted by molar-refractivity contribution is 6.31. The molecule has 2 N–H and O–H groups in total. The number of ether oxygens (including phenoxy) is 3. The summed E-state index contributed by atoms with van der Waals surface area (Å²) in [5, 5.41) is 14.5. The third-order valence-corrected chi connectivity index (χ3v) is 8.78. The molecule has 4 saturated carbocycles. The van der Waals surface area contributed by atoms with Gasteiger partial charge >= 0.3 is 6.11 Å². The van der Waals surface area contributed by atoms with Crippen LogP contribution in [0.2, 0.25) is 5.02 Å². The van der Waals surface area contributed by atoms with Gasteiger partial charge in [-0.25, -0.2) is 0 Å². The highest BCUT2D eigenvalue weighted by Gasteiger charge is 2.55. The van der Waals surface area contributed by atoms with E-state index in [1.807, 2.05) is 0 Å². The molecule has 1 amide bonds. The molecule has 1 aliphatic heterocycles. The number of nitrogens with one attached hydrogen (secondary N) is 1. The lowest BCUT2D eigenvalue weighted by molar-refractivity contribution is -0.275. The zero-order valence-corrected chi connectivity index (χ0v) is 21.9. The third kappa shape index (κ3) is 5.73. The second kappa shape index (κ2) is 10.1. The van der Waals surface area contributed by atoms with Gasteiger partial charge in [-0.2, -0.15) is 8.78 Å². The molecule has 0 saturated heterocycles. The van der Waals surface area contributed by atoms with Gasteiger partial charge in [0.1, 0.15) is 12.4 Å². The molecule has 38 heavy (non-hydrogen) atoms. The number of carbonyl (C=O) groups excluding carboxylic acids is 3. The number of benzene rings is 1. The number of hydrogen-bond donors (Lipinski definition) is 2. The summed E-state index contributed by atoms with van der Waals surface area (Å²) in [6.07, 6.45) is -2.43. The lowest BCUT2D eigenvalue weighted by atomic mass is 9.54. The number of Topliss-reactive ketones (excluding diaryl/α,β-unsaturated/α-hetero) is 2. The standard InChI is InChI=1S/C27H32ClF2NO7/c1-25(29,30)38-17-9-16(10-17)36-14-24(35)31-27-6-4-26(5-7-27,23(34)13-27)12-20(33)22-11-19(32)18-8-15(28)2-3-21(18)37-22/h2-3,8,16-17,22-23,34H,4-7,9-14H2,1H3,(H,31,35)/t16?,17?,22-,23+,26?,27?/m1/s1. The molecule has 0 spiro atoms. The number of aliphatic hydroxyl groups excluding tert-OH is 1. The van der Waals surface area contributed by atoms with E-state index in [1.165, 1.54) is 6.07 Å². The molecule has 11 heteroatoms. The van der Waals surface area contributed by atoms with Gasteiger partial charge in [-0.15, -0.1) is 0 Å². The van der Waals surface area contributed by atoms with E-state index in [4.69, 9.17) is 21.1 Å². The lowest BCUT2D eigenvalue weighted by Crippen LogP contribution is -2.63. The molecule has 4 aliphatic carbocycles. The number of fused-ring (bicyclic) bond motifs is 4. The molecule has 1 heterocycles. The largest absolute Gasteiger partial charge is 0.481 e. The molecule has 5 aliphatic rings. The highest BCUT2D eigenvalue weighted by atomic mass is 35.5.